The van der Waals surface area contributed by atoms with Crippen LogP contribution in [0.25, 0.3) is 34.1 Å². The summed E-state index contributed by atoms with van der Waals surface area (Å²) in [5.41, 5.74) is 7.55. The number of nitrogens with zero attached hydrogens (tertiary/aromatic N) is 3. The van der Waals surface area contributed by atoms with E-state index in [0.717, 1.165) is 45.1 Å². The van der Waals surface area contributed by atoms with Gasteiger partial charge in [0.15, 0.2) is 0 Å². The van der Waals surface area contributed by atoms with Crippen molar-refractivity contribution in [3.05, 3.63) is 127 Å². The molecule has 1 saturated heterocycles. The number of amides is 1. The minimum atomic E-state index is -0.621. The van der Waals surface area contributed by atoms with E-state index in [1.54, 1.807) is 0 Å². The van der Waals surface area contributed by atoms with Crippen LogP contribution >= 0.6 is 0 Å². The molecule has 7 rings (SSSR count). The molecule has 1 fully saturated rings. The van der Waals surface area contributed by atoms with E-state index in [0.29, 0.717) is 13.2 Å². The quantitative estimate of drug-likeness (QED) is 0.226. The lowest BCUT2D eigenvalue weighted by Crippen LogP contribution is -2.58. The third-order valence-corrected chi connectivity index (χ3v) is 8.79. The van der Waals surface area contributed by atoms with Gasteiger partial charge in [-0.2, -0.15) is 5.10 Å². The Morgan fingerprint density at radius 3 is 2.33 bits per heavy atom. The Labute approximate surface area is 252 Å². The molecule has 2 aliphatic heterocycles. The molecular formula is C37H34N4O2. The van der Waals surface area contributed by atoms with Gasteiger partial charge in [0, 0.05) is 28.4 Å². The van der Waals surface area contributed by atoms with Gasteiger partial charge in [0.25, 0.3) is 0 Å². The Kier molecular flexibility index (Phi) is 6.42. The maximum atomic E-state index is 12.7. The van der Waals surface area contributed by atoms with E-state index in [2.05, 4.69) is 109 Å². The number of para-hydroxylation sites is 2. The molecule has 214 valence electrons. The van der Waals surface area contributed by atoms with Crippen LogP contribution in [-0.4, -0.2) is 34.5 Å². The van der Waals surface area contributed by atoms with Gasteiger partial charge in [0.2, 0.25) is 5.91 Å². The van der Waals surface area contributed by atoms with Crippen LogP contribution in [0.5, 0.6) is 5.75 Å². The summed E-state index contributed by atoms with van der Waals surface area (Å²) in [5, 5.41) is 8.32. The zero-order chi connectivity index (χ0) is 29.6. The summed E-state index contributed by atoms with van der Waals surface area (Å²) < 4.78 is 7.60. The minimum Gasteiger partial charge on any atom is -0.494 e. The summed E-state index contributed by atoms with van der Waals surface area (Å²) in [4.78, 5) is 14.9. The second-order valence-corrected chi connectivity index (χ2v) is 11.6. The highest BCUT2D eigenvalue weighted by molar-refractivity contribution is 5.91. The van der Waals surface area contributed by atoms with Crippen LogP contribution in [0.3, 0.4) is 0 Å². The molecule has 1 aromatic heterocycles. The van der Waals surface area contributed by atoms with Crippen LogP contribution in [0.2, 0.25) is 0 Å². The number of aromatic nitrogens is 2. The first-order chi connectivity index (χ1) is 20.9. The Bertz CT molecular complexity index is 1820. The van der Waals surface area contributed by atoms with Crippen molar-refractivity contribution < 1.29 is 9.53 Å². The number of anilines is 1. The Balaban J connectivity index is 1.23. The number of ether oxygens (including phenoxy) is 1. The first-order valence-corrected chi connectivity index (χ1v) is 14.8. The summed E-state index contributed by atoms with van der Waals surface area (Å²) >= 11 is 0. The van der Waals surface area contributed by atoms with Crippen molar-refractivity contribution >= 4 is 17.7 Å². The van der Waals surface area contributed by atoms with Crippen LogP contribution in [0.1, 0.15) is 31.9 Å². The molecule has 0 saturated carbocycles. The van der Waals surface area contributed by atoms with Crippen LogP contribution in [0.15, 0.2) is 115 Å². The topological polar surface area (TPSA) is 59.4 Å². The fraction of sp³-hybridized carbons (Fsp3) is 0.189. The van der Waals surface area contributed by atoms with Crippen molar-refractivity contribution in [2.45, 2.75) is 31.8 Å². The SMILES string of the molecule is CCOc1ccc(-c2nn(-c3ccccc3)cc2-c2ccc(/C=C/C34NC(=O)CN3c3ccccc3C4(C)C)cc2)cc1. The van der Waals surface area contributed by atoms with Gasteiger partial charge in [-0.15, -0.1) is 0 Å². The Morgan fingerprint density at radius 2 is 1.58 bits per heavy atom. The third-order valence-electron chi connectivity index (χ3n) is 8.79. The average molecular weight is 567 g/mol. The van der Waals surface area contributed by atoms with E-state index in [1.165, 1.54) is 5.56 Å². The van der Waals surface area contributed by atoms with E-state index in [1.807, 2.05) is 48.0 Å². The van der Waals surface area contributed by atoms with Gasteiger partial charge < -0.3 is 15.0 Å². The summed E-state index contributed by atoms with van der Waals surface area (Å²) in [7, 11) is 0. The van der Waals surface area contributed by atoms with Gasteiger partial charge in [-0.1, -0.05) is 80.6 Å². The Morgan fingerprint density at radius 1 is 0.884 bits per heavy atom. The predicted molar refractivity (Wildman–Crippen MR) is 172 cm³/mol. The van der Waals surface area contributed by atoms with Gasteiger partial charge in [0.1, 0.15) is 17.1 Å². The molecule has 2 aliphatic rings. The van der Waals surface area contributed by atoms with Gasteiger partial charge in [-0.3, -0.25) is 4.79 Å². The van der Waals surface area contributed by atoms with Crippen molar-refractivity contribution in [1.82, 2.24) is 15.1 Å². The molecule has 6 heteroatoms. The standard InChI is InChI=1S/C37H34N4O2/c1-4-43-30-20-18-28(19-21-30)35-31(24-41(39-35)29-10-6-5-7-11-29)27-16-14-26(15-17-27)22-23-37-36(2,3)32-12-8-9-13-33(32)40(37)25-34(42)38-37/h5-24H,4,25H2,1-3H3,(H,38,42)/b23-22+. The highest BCUT2D eigenvalue weighted by Crippen LogP contribution is 2.52. The molecule has 0 aliphatic carbocycles. The fourth-order valence-electron chi connectivity index (χ4n) is 6.52. The van der Waals surface area contributed by atoms with Crippen LogP contribution in [0.4, 0.5) is 5.69 Å². The summed E-state index contributed by atoms with van der Waals surface area (Å²) in [6.45, 7) is 7.38. The largest absolute Gasteiger partial charge is 0.494 e. The van der Waals surface area contributed by atoms with E-state index in [-0.39, 0.29) is 11.3 Å². The molecular weight excluding hydrogens is 532 g/mol. The molecule has 4 aromatic carbocycles. The number of hydrogen-bond donors (Lipinski definition) is 1. The number of carbonyl (C=O) groups excluding carboxylic acids is 1. The average Bonchev–Trinajstić information content (AvgIpc) is 3.68. The van der Waals surface area contributed by atoms with E-state index in [4.69, 9.17) is 9.84 Å². The number of fused-ring (bicyclic) bond motifs is 3. The van der Waals surface area contributed by atoms with Crippen LogP contribution in [0, 0.1) is 0 Å². The third kappa shape index (κ3) is 4.41. The molecule has 1 unspecified atom stereocenters. The fourth-order valence-corrected chi connectivity index (χ4v) is 6.52. The highest BCUT2D eigenvalue weighted by Gasteiger charge is 2.59. The van der Waals surface area contributed by atoms with Crippen molar-refractivity contribution in [3.63, 3.8) is 0 Å². The monoisotopic (exact) mass is 566 g/mol. The molecule has 1 amide bonds. The summed E-state index contributed by atoms with van der Waals surface area (Å²) in [6, 6.07) is 35.2. The second-order valence-electron chi connectivity index (χ2n) is 11.6. The molecule has 43 heavy (non-hydrogen) atoms. The lowest BCUT2D eigenvalue weighted by molar-refractivity contribution is -0.118. The molecule has 5 aromatic rings. The summed E-state index contributed by atoms with van der Waals surface area (Å²) in [5.74, 6) is 0.885. The molecule has 0 bridgehead atoms. The maximum Gasteiger partial charge on any atom is 0.241 e. The predicted octanol–water partition coefficient (Wildman–Crippen LogP) is 7.24. The number of nitrogens with one attached hydrogen (secondary N) is 1. The van der Waals surface area contributed by atoms with E-state index < -0.39 is 5.66 Å². The van der Waals surface area contributed by atoms with Crippen molar-refractivity contribution in [3.8, 4) is 33.8 Å². The minimum absolute atomic E-state index is 0.0415. The van der Waals surface area contributed by atoms with Crippen molar-refractivity contribution in [1.29, 1.82) is 0 Å². The molecule has 0 radical (unpaired) electrons. The summed E-state index contributed by atoms with van der Waals surface area (Å²) in [6.07, 6.45) is 6.37. The van der Waals surface area contributed by atoms with E-state index >= 15 is 0 Å². The van der Waals surface area contributed by atoms with Gasteiger partial charge in [-0.05, 0) is 72.2 Å². The van der Waals surface area contributed by atoms with Gasteiger partial charge in [0.05, 0.1) is 18.8 Å². The molecule has 3 heterocycles. The molecule has 1 N–H and O–H groups in total. The first kappa shape index (κ1) is 26.8. The van der Waals surface area contributed by atoms with Gasteiger partial charge in [-0.25, -0.2) is 4.68 Å². The second kappa shape index (κ2) is 10.3. The van der Waals surface area contributed by atoms with Crippen LogP contribution in [-0.2, 0) is 10.2 Å². The normalized spacial score (nSPS) is 18.5. The lowest BCUT2D eigenvalue weighted by Gasteiger charge is -2.40. The van der Waals surface area contributed by atoms with Crippen LogP contribution < -0.4 is 15.0 Å². The molecule has 1 atom stereocenters. The first-order valence-electron chi connectivity index (χ1n) is 14.8. The smallest absolute Gasteiger partial charge is 0.241 e. The lowest BCUT2D eigenvalue weighted by atomic mass is 9.75. The Hall–Kier alpha value is -5.10. The van der Waals surface area contributed by atoms with E-state index in [9.17, 15) is 4.79 Å². The number of rotatable bonds is 7. The maximum absolute atomic E-state index is 12.7. The zero-order valence-electron chi connectivity index (χ0n) is 24.6. The number of carbonyl (C=O) groups is 1. The molecule has 6 nitrogen and oxygen atoms in total. The van der Waals surface area contributed by atoms with Gasteiger partial charge >= 0.3 is 0 Å². The van der Waals surface area contributed by atoms with Crippen molar-refractivity contribution in [2.24, 2.45) is 0 Å². The zero-order valence-corrected chi connectivity index (χ0v) is 24.6. The highest BCUT2D eigenvalue weighted by atomic mass is 16.5. The molecule has 0 spiro atoms. The number of benzene rings is 4. The number of hydrogen-bond acceptors (Lipinski definition) is 4. The van der Waals surface area contributed by atoms with Crippen molar-refractivity contribution in [2.75, 3.05) is 18.1 Å².